The van der Waals surface area contributed by atoms with Crippen molar-refractivity contribution in [1.82, 2.24) is 0 Å². The van der Waals surface area contributed by atoms with Gasteiger partial charge in [-0.15, -0.1) is 0 Å². The number of carboxylic acids is 1. The zero-order valence-corrected chi connectivity index (χ0v) is 33.0. The van der Waals surface area contributed by atoms with E-state index in [1.165, 1.54) is 24.3 Å². The van der Waals surface area contributed by atoms with Crippen molar-refractivity contribution < 1.29 is 59.9 Å². The van der Waals surface area contributed by atoms with Crippen LogP contribution in [0.25, 0.3) is 6.08 Å². The Hall–Kier alpha value is -5.20. The first-order chi connectivity index (χ1) is 28.7. The molecule has 1 saturated heterocycles. The van der Waals surface area contributed by atoms with Gasteiger partial charge in [-0.2, -0.15) is 0 Å². The number of aliphatic hydroxyl groups excluding tert-OH is 4. The maximum Gasteiger partial charge on any atom is 0.355 e. The van der Waals surface area contributed by atoms with Gasteiger partial charge in [0.05, 0.1) is 23.7 Å². The smallest absolute Gasteiger partial charge is 0.355 e. The third kappa shape index (κ3) is 6.95. The molecule has 0 radical (unpaired) electrons. The van der Waals surface area contributed by atoms with Crippen molar-refractivity contribution in [2.45, 2.75) is 106 Å². The highest BCUT2D eigenvalue weighted by molar-refractivity contribution is 6.43. The monoisotopic (exact) mass is 826 g/mol. The third-order valence-electron chi connectivity index (χ3n) is 13.2. The lowest BCUT2D eigenvalue weighted by atomic mass is 9.59. The molecule has 16 nitrogen and oxygen atoms in total. The van der Waals surface area contributed by atoms with Crippen LogP contribution in [0.2, 0.25) is 0 Å². The fourth-order valence-electron chi connectivity index (χ4n) is 10.3. The molecule has 3 aliphatic heterocycles. The molecule has 3 aromatic rings. The van der Waals surface area contributed by atoms with Crippen LogP contribution < -0.4 is 15.4 Å². The highest BCUT2D eigenvalue weighted by Gasteiger charge is 2.58. The number of phenolic OH excluding ortho intramolecular Hbond substituents is 2. The number of carbonyl (C=O) groups is 2. The Morgan fingerprint density at radius 2 is 1.77 bits per heavy atom. The normalized spacial score (nSPS) is 32.0. The van der Waals surface area contributed by atoms with E-state index in [1.807, 2.05) is 25.1 Å². The van der Waals surface area contributed by atoms with E-state index in [4.69, 9.17) is 15.2 Å². The molecule has 10 atom stereocenters. The molecule has 0 aromatic heterocycles. The predicted octanol–water partition coefficient (Wildman–Crippen LogP) is 2.01. The van der Waals surface area contributed by atoms with Crippen molar-refractivity contribution in [1.29, 1.82) is 0 Å². The second-order valence-corrected chi connectivity index (χ2v) is 16.4. The van der Waals surface area contributed by atoms with Crippen molar-refractivity contribution >= 4 is 35.1 Å². The fraction of sp³-hybridized carbons (Fsp3) is 0.455. The molecule has 10 unspecified atom stereocenters. The number of aliphatic carboxylic acids is 1. The Kier molecular flexibility index (Phi) is 11.1. The average molecular weight is 827 g/mol. The number of nitrogens with two attached hydrogens (primary N) is 1. The third-order valence-corrected chi connectivity index (χ3v) is 13.2. The average Bonchev–Trinajstić information content (AvgIpc) is 3.92. The summed E-state index contributed by atoms with van der Waals surface area (Å²) in [4.78, 5) is 38.1. The quantitative estimate of drug-likeness (QED) is 0.0991. The maximum absolute atomic E-state index is 14.6. The van der Waals surface area contributed by atoms with Crippen LogP contribution in [0, 0.1) is 5.92 Å². The number of aryl methyl sites for hydroxylation is 1. The van der Waals surface area contributed by atoms with Crippen molar-refractivity contribution in [3.05, 3.63) is 88.5 Å². The number of aromatic hydroxyl groups is 2. The highest BCUT2D eigenvalue weighted by atomic mass is 16.8. The number of rotatable bonds is 11. The number of carbonyl (C=O) groups excluding carboxylic acids is 1. The van der Waals surface area contributed by atoms with Gasteiger partial charge in [0.25, 0.3) is 5.91 Å². The molecule has 5 aliphatic rings. The first-order valence-corrected chi connectivity index (χ1v) is 20.3. The molecule has 2 aliphatic carbocycles. The molecule has 1 amide bonds. The van der Waals surface area contributed by atoms with Crippen LogP contribution in [-0.2, 0) is 32.6 Å². The number of hydrogen-bond acceptors (Lipinski definition) is 14. The van der Waals surface area contributed by atoms with E-state index in [2.05, 4.69) is 16.1 Å². The predicted molar refractivity (Wildman–Crippen MR) is 218 cm³/mol. The molecule has 0 spiro atoms. The van der Waals surface area contributed by atoms with Gasteiger partial charge in [0.1, 0.15) is 36.8 Å². The van der Waals surface area contributed by atoms with Gasteiger partial charge < -0.3 is 56.1 Å². The SMILES string of the molecule is CCC1=NCN=C1Cc1cc(C=CC(=O)N2c3cc(OC4(O)OC(CO)C(O)C(O)C4O)c(O)cc3C(CC34c5ccccc5CCC3CCC4N)C2C(=O)O)ccc1O. The molecule has 1 saturated carbocycles. The number of fused-ring (bicyclic) bond motifs is 4. The lowest BCUT2D eigenvalue weighted by molar-refractivity contribution is -0.422. The summed E-state index contributed by atoms with van der Waals surface area (Å²) in [7, 11) is 0. The fourth-order valence-corrected chi connectivity index (χ4v) is 10.3. The van der Waals surface area contributed by atoms with E-state index in [0.29, 0.717) is 42.6 Å². The molecule has 3 heterocycles. The summed E-state index contributed by atoms with van der Waals surface area (Å²) in [6, 6.07) is 13.4. The molecule has 8 rings (SSSR count). The van der Waals surface area contributed by atoms with Crippen LogP contribution in [0.3, 0.4) is 0 Å². The number of aliphatic hydroxyl groups is 5. The molecule has 60 heavy (non-hydrogen) atoms. The van der Waals surface area contributed by atoms with Gasteiger partial charge in [-0.1, -0.05) is 37.3 Å². The van der Waals surface area contributed by atoms with E-state index in [1.54, 1.807) is 12.1 Å². The van der Waals surface area contributed by atoms with Gasteiger partial charge in [0.15, 0.2) is 17.6 Å². The Morgan fingerprint density at radius 1 is 1.00 bits per heavy atom. The number of hydrogen-bond donors (Lipinski definition) is 9. The summed E-state index contributed by atoms with van der Waals surface area (Å²) < 4.78 is 10.9. The summed E-state index contributed by atoms with van der Waals surface area (Å²) in [6.45, 7) is 1.41. The molecular weight excluding hydrogens is 776 g/mol. The number of phenols is 2. The van der Waals surface area contributed by atoms with E-state index >= 15 is 0 Å². The van der Waals surface area contributed by atoms with E-state index < -0.39 is 77.7 Å². The number of aliphatic imine (C=N–C) groups is 2. The van der Waals surface area contributed by atoms with Crippen LogP contribution in [0.5, 0.6) is 17.2 Å². The number of anilines is 1. The molecule has 0 bridgehead atoms. The zero-order valence-electron chi connectivity index (χ0n) is 33.0. The van der Waals surface area contributed by atoms with Crippen molar-refractivity contribution in [3.63, 3.8) is 0 Å². The number of nitrogens with zero attached hydrogens (tertiary/aromatic N) is 3. The van der Waals surface area contributed by atoms with Crippen LogP contribution >= 0.6 is 0 Å². The Morgan fingerprint density at radius 3 is 2.52 bits per heavy atom. The number of amides is 1. The van der Waals surface area contributed by atoms with Crippen LogP contribution in [0.4, 0.5) is 5.69 Å². The summed E-state index contributed by atoms with van der Waals surface area (Å²) in [5.74, 6) is -7.13. The van der Waals surface area contributed by atoms with Gasteiger partial charge in [-0.25, -0.2) is 4.79 Å². The second-order valence-electron chi connectivity index (χ2n) is 16.4. The van der Waals surface area contributed by atoms with E-state index in [0.717, 1.165) is 52.8 Å². The van der Waals surface area contributed by atoms with Crippen LogP contribution in [-0.4, -0.2) is 120 Å². The second kappa shape index (κ2) is 16.0. The topological polar surface area (TPSA) is 268 Å². The Labute approximate surface area is 345 Å². The maximum atomic E-state index is 14.6. The standard InChI is InChI=1S/C44H50N4O12/c1-2-29-30(47-21-46-29)16-24-15-22(7-12-32(24)50)8-14-37(52)48-31-18-34(59-44(58)41(55)40(54)39(53)35(20-49)60-44)33(51)17-26(31)27(38(48)42(56)57)19-43-25(11-13-36(43)45)10-9-23-5-3-4-6-28(23)43/h3-8,12,14-15,17-18,25,27,35-36,38-41,49-51,53-55,58H,2,9-11,13,16,19-21,45H2,1H3,(H,56,57). The van der Waals surface area contributed by atoms with Crippen molar-refractivity contribution in [2.24, 2.45) is 21.6 Å². The summed E-state index contributed by atoms with van der Waals surface area (Å²) in [5, 5.41) is 85.8. The van der Waals surface area contributed by atoms with Gasteiger partial charge in [0.2, 0.25) is 0 Å². The van der Waals surface area contributed by atoms with Gasteiger partial charge >= 0.3 is 11.9 Å². The molecule has 3 aromatic carbocycles. The molecule has 10 N–H and O–H groups in total. The first kappa shape index (κ1) is 41.5. The minimum atomic E-state index is -3.12. The Bertz CT molecular complexity index is 2280. The van der Waals surface area contributed by atoms with Crippen LogP contribution in [0.1, 0.15) is 72.8 Å². The van der Waals surface area contributed by atoms with Crippen LogP contribution in [0.15, 0.2) is 70.7 Å². The zero-order chi connectivity index (χ0) is 42.7. The summed E-state index contributed by atoms with van der Waals surface area (Å²) >= 11 is 0. The lowest BCUT2D eigenvalue weighted by Crippen LogP contribution is -2.67. The minimum Gasteiger partial charge on any atom is -0.508 e. The number of carboxylic acid groups (broad SMARTS) is 1. The van der Waals surface area contributed by atoms with Crippen molar-refractivity contribution in [2.75, 3.05) is 18.2 Å². The molecule has 318 valence electrons. The number of benzene rings is 3. The molecular formula is C44H50N4O12. The van der Waals surface area contributed by atoms with Gasteiger partial charge in [0, 0.05) is 41.5 Å². The molecule has 2 fully saturated rings. The summed E-state index contributed by atoms with van der Waals surface area (Å²) in [6.07, 6.45) is -0.604. The van der Waals surface area contributed by atoms with E-state index in [-0.39, 0.29) is 29.8 Å². The number of ether oxygens (including phenoxy) is 2. The minimum absolute atomic E-state index is 0.0173. The largest absolute Gasteiger partial charge is 0.508 e. The van der Waals surface area contributed by atoms with Gasteiger partial charge in [-0.05, 0) is 91.0 Å². The summed E-state index contributed by atoms with van der Waals surface area (Å²) in [5.41, 5.74) is 11.5. The van der Waals surface area contributed by atoms with E-state index in [9.17, 15) is 50.4 Å². The Balaban J connectivity index is 1.20. The highest BCUT2D eigenvalue weighted by Crippen LogP contribution is 2.59. The lowest BCUT2D eigenvalue weighted by Gasteiger charge is -2.46. The first-order valence-electron chi connectivity index (χ1n) is 20.3. The molecule has 16 heteroatoms. The van der Waals surface area contributed by atoms with Crippen molar-refractivity contribution in [3.8, 4) is 17.2 Å². The van der Waals surface area contributed by atoms with Gasteiger partial charge in [-0.3, -0.25) is 19.7 Å².